The largest absolute Gasteiger partial charge is 0.467 e. The van der Waals surface area contributed by atoms with Crippen LogP contribution in [0.1, 0.15) is 91.5 Å². The van der Waals surface area contributed by atoms with Gasteiger partial charge in [0.2, 0.25) is 5.90 Å². The van der Waals surface area contributed by atoms with Crippen LogP contribution in [0.25, 0.3) is 65.7 Å². The van der Waals surface area contributed by atoms with E-state index >= 15 is 0 Å². The first-order valence-corrected chi connectivity index (χ1v) is 20.3. The molecule has 56 heavy (non-hydrogen) atoms. The van der Waals surface area contributed by atoms with E-state index in [9.17, 15) is 0 Å². The Bertz CT molecular complexity index is 2660. The van der Waals surface area contributed by atoms with Crippen molar-refractivity contribution in [2.45, 2.75) is 97.6 Å². The molecule has 1 heterocycles. The van der Waals surface area contributed by atoms with Gasteiger partial charge in [0.25, 0.3) is 0 Å². The van der Waals surface area contributed by atoms with E-state index in [1.165, 1.54) is 88.0 Å². The van der Waals surface area contributed by atoms with Gasteiger partial charge in [-0.15, -0.1) is 0 Å². The van der Waals surface area contributed by atoms with Crippen molar-refractivity contribution in [2.75, 3.05) is 0 Å². The summed E-state index contributed by atoms with van der Waals surface area (Å²) in [6.45, 7) is 22.7. The molecule has 0 bridgehead atoms. The maximum atomic E-state index is 6.73. The Kier molecular flexibility index (Phi) is 8.26. The molecule has 2 heteroatoms. The van der Waals surface area contributed by atoms with Gasteiger partial charge in [-0.05, 0) is 124 Å². The van der Waals surface area contributed by atoms with Gasteiger partial charge in [-0.2, -0.15) is 0 Å². The van der Waals surface area contributed by atoms with Crippen LogP contribution in [0.15, 0.2) is 138 Å². The van der Waals surface area contributed by atoms with Crippen molar-refractivity contribution >= 4 is 38.2 Å². The zero-order chi connectivity index (χ0) is 39.3. The van der Waals surface area contributed by atoms with E-state index in [2.05, 4.69) is 197 Å². The molecule has 0 saturated heterocycles. The molecule has 0 N–H and O–H groups in total. The monoisotopic (exact) mass is 731 g/mol. The lowest BCUT2D eigenvalue weighted by Gasteiger charge is -2.23. The summed E-state index contributed by atoms with van der Waals surface area (Å²) in [5.41, 5.74) is 13.8. The lowest BCUT2D eigenvalue weighted by Crippen LogP contribution is -2.20. The Morgan fingerprint density at radius 1 is 0.464 bits per heavy atom. The highest BCUT2D eigenvalue weighted by Crippen LogP contribution is 2.48. The zero-order valence-electron chi connectivity index (χ0n) is 34.6. The number of ether oxygens (including phenoxy) is 1. The quantitative estimate of drug-likeness (QED) is 0.165. The Labute approximate surface area is 333 Å². The predicted octanol–water partition coefficient (Wildman–Crippen LogP) is 14.5. The molecule has 2 unspecified atom stereocenters. The van der Waals surface area contributed by atoms with Crippen LogP contribution in [0.3, 0.4) is 0 Å². The highest BCUT2D eigenvalue weighted by molar-refractivity contribution is 6.32. The van der Waals surface area contributed by atoms with E-state index in [0.29, 0.717) is 0 Å². The van der Waals surface area contributed by atoms with E-state index in [4.69, 9.17) is 9.73 Å². The summed E-state index contributed by atoms with van der Waals surface area (Å²) in [6.07, 6.45) is 6.45. The maximum absolute atomic E-state index is 6.73. The number of nitrogens with zero attached hydrogens (tertiary/aromatic N) is 1. The molecule has 280 valence electrons. The van der Waals surface area contributed by atoms with Crippen molar-refractivity contribution in [3.05, 3.63) is 155 Å². The summed E-state index contributed by atoms with van der Waals surface area (Å²) in [5, 5.41) is 7.47. The van der Waals surface area contributed by atoms with Gasteiger partial charge < -0.3 is 4.74 Å². The number of aliphatic imine (C=N–C) groups is 1. The van der Waals surface area contributed by atoms with Crippen LogP contribution < -0.4 is 0 Å². The van der Waals surface area contributed by atoms with E-state index in [1.807, 2.05) is 0 Å². The molecule has 9 rings (SSSR count). The van der Waals surface area contributed by atoms with Crippen molar-refractivity contribution in [3.8, 4) is 33.4 Å². The first-order valence-electron chi connectivity index (χ1n) is 20.3. The number of benzene rings is 7. The van der Waals surface area contributed by atoms with Gasteiger partial charge in [0.15, 0.2) is 0 Å². The van der Waals surface area contributed by atoms with Gasteiger partial charge in [0.1, 0.15) is 12.1 Å². The molecular formula is C54H53NO. The third-order valence-corrected chi connectivity index (χ3v) is 12.1. The summed E-state index contributed by atoms with van der Waals surface area (Å²) in [7, 11) is 0. The number of allylic oxidation sites excluding steroid dienone is 2. The number of hydrogen-bond acceptors (Lipinski definition) is 2. The summed E-state index contributed by atoms with van der Waals surface area (Å²) in [5.74, 6) is 0.720. The van der Waals surface area contributed by atoms with Gasteiger partial charge in [0.05, 0.1) is 0 Å². The van der Waals surface area contributed by atoms with Crippen molar-refractivity contribution in [2.24, 2.45) is 4.99 Å². The van der Waals surface area contributed by atoms with Crippen molar-refractivity contribution in [3.63, 3.8) is 0 Å². The lowest BCUT2D eigenvalue weighted by atomic mass is 9.81. The molecule has 0 fully saturated rings. The molecule has 0 spiro atoms. The molecule has 7 aromatic carbocycles. The van der Waals surface area contributed by atoms with Crippen LogP contribution in [0, 0.1) is 0 Å². The van der Waals surface area contributed by atoms with Gasteiger partial charge in [-0.3, -0.25) is 0 Å². The number of fused-ring (bicyclic) bond motifs is 1. The van der Waals surface area contributed by atoms with Gasteiger partial charge in [0, 0.05) is 5.56 Å². The number of rotatable bonds is 4. The predicted molar refractivity (Wildman–Crippen MR) is 241 cm³/mol. The molecule has 0 radical (unpaired) electrons. The van der Waals surface area contributed by atoms with Crippen LogP contribution in [0.4, 0.5) is 0 Å². The minimum Gasteiger partial charge on any atom is -0.467 e. The summed E-state index contributed by atoms with van der Waals surface area (Å²) >= 11 is 0. The molecule has 1 aliphatic carbocycles. The van der Waals surface area contributed by atoms with Crippen molar-refractivity contribution in [1.29, 1.82) is 0 Å². The highest BCUT2D eigenvalue weighted by atomic mass is 16.5. The Morgan fingerprint density at radius 3 is 1.20 bits per heavy atom. The van der Waals surface area contributed by atoms with E-state index in [0.717, 1.165) is 11.5 Å². The first kappa shape index (κ1) is 36.2. The highest BCUT2D eigenvalue weighted by Gasteiger charge is 2.32. The topological polar surface area (TPSA) is 21.6 Å². The SMILES string of the molecule is CC1=CC2N=C(c3cc(-c4ccc(C(C)(C)C)cc4)c4ccc5c(-c6ccc(C(C)(C)C)cc6)cc(-c6ccc(C(C)(C)C)cc6)c6ccc3c4c65)OC2C=C1. The second-order valence-electron chi connectivity index (χ2n) is 19.3. The second-order valence-corrected chi connectivity index (χ2v) is 19.3. The smallest absolute Gasteiger partial charge is 0.218 e. The third-order valence-electron chi connectivity index (χ3n) is 12.1. The average Bonchev–Trinajstić information content (AvgIpc) is 3.59. The first-order chi connectivity index (χ1) is 26.5. The molecule has 0 aromatic heterocycles. The summed E-state index contributed by atoms with van der Waals surface area (Å²) < 4.78 is 6.73. The van der Waals surface area contributed by atoms with E-state index in [1.54, 1.807) is 0 Å². The molecule has 2 atom stereocenters. The second kappa shape index (κ2) is 12.8. The fraction of sp³-hybridized carbons (Fsp3) is 0.278. The zero-order valence-corrected chi connectivity index (χ0v) is 34.6. The Balaban J connectivity index is 1.37. The molecule has 2 aliphatic rings. The van der Waals surface area contributed by atoms with Crippen LogP contribution in [0.5, 0.6) is 0 Å². The third kappa shape index (κ3) is 6.15. The van der Waals surface area contributed by atoms with Crippen LogP contribution in [-0.4, -0.2) is 18.0 Å². The molecule has 0 saturated carbocycles. The standard InChI is InChI=1S/C54H53NO/c1-32-11-28-48-47(29-32)55-51(56-48)46-31-45(35-16-22-38(23-17-35)54(8,9)10)41-25-24-39-43(33-12-18-36(19-13-33)52(2,3)4)30-44(40-26-27-42(46)50(41)49(39)40)34-14-20-37(21-15-34)53(5,6)7/h11-31,47-48H,1-10H3. The minimum absolute atomic E-state index is 0.0200. The van der Waals surface area contributed by atoms with Gasteiger partial charge in [-0.25, -0.2) is 4.99 Å². The maximum Gasteiger partial charge on any atom is 0.218 e. The van der Waals surface area contributed by atoms with Crippen LogP contribution in [0.2, 0.25) is 0 Å². The van der Waals surface area contributed by atoms with Crippen LogP contribution >= 0.6 is 0 Å². The molecule has 2 nitrogen and oxygen atoms in total. The Morgan fingerprint density at radius 2 is 0.821 bits per heavy atom. The van der Waals surface area contributed by atoms with Gasteiger partial charge >= 0.3 is 0 Å². The fourth-order valence-electron chi connectivity index (χ4n) is 8.76. The van der Waals surface area contributed by atoms with E-state index in [-0.39, 0.29) is 28.4 Å². The normalized spacial score (nSPS) is 17.4. The average molecular weight is 732 g/mol. The molecular weight excluding hydrogens is 679 g/mol. The Hall–Kier alpha value is -5.47. The summed E-state index contributed by atoms with van der Waals surface area (Å²) in [4.78, 5) is 5.25. The van der Waals surface area contributed by atoms with Crippen LogP contribution in [-0.2, 0) is 21.0 Å². The van der Waals surface area contributed by atoms with E-state index < -0.39 is 0 Å². The van der Waals surface area contributed by atoms with Gasteiger partial charge in [-0.1, -0.05) is 177 Å². The molecule has 1 aliphatic heterocycles. The fourth-order valence-corrected chi connectivity index (χ4v) is 8.76. The summed E-state index contributed by atoms with van der Waals surface area (Å²) in [6, 6.07) is 41.8. The minimum atomic E-state index is -0.0906. The van der Waals surface area contributed by atoms with Crippen molar-refractivity contribution in [1.82, 2.24) is 0 Å². The molecule has 0 amide bonds. The lowest BCUT2D eigenvalue weighted by molar-refractivity contribution is 0.255. The molecule has 7 aromatic rings. The number of hydrogen-bond donors (Lipinski definition) is 0. The van der Waals surface area contributed by atoms with Crippen molar-refractivity contribution < 1.29 is 4.74 Å².